The zero-order valence-electron chi connectivity index (χ0n) is 14.0. The lowest BCUT2D eigenvalue weighted by molar-refractivity contribution is -0.128. The molecule has 0 aliphatic carbocycles. The molecule has 2 aromatic heterocycles. The fourth-order valence-corrected chi connectivity index (χ4v) is 5.67. The maximum atomic E-state index is 12.7. The van der Waals surface area contributed by atoms with Gasteiger partial charge in [0.25, 0.3) is 0 Å². The zero-order valence-corrected chi connectivity index (χ0v) is 15.7. The quantitative estimate of drug-likeness (QED) is 0.672. The first kappa shape index (κ1) is 16.3. The summed E-state index contributed by atoms with van der Waals surface area (Å²) in [7, 11) is 0. The fraction of sp³-hybridized carbons (Fsp3) is 0.588. The maximum Gasteiger partial charge on any atom is 0.233 e. The average molecular weight is 363 g/mol. The Balaban J connectivity index is 1.46. The molecule has 2 unspecified atom stereocenters. The van der Waals surface area contributed by atoms with Crippen LogP contribution >= 0.6 is 23.1 Å². The van der Waals surface area contributed by atoms with E-state index in [9.17, 15) is 4.79 Å². The van der Waals surface area contributed by atoms with Crippen LogP contribution in [0.5, 0.6) is 0 Å². The van der Waals surface area contributed by atoms with Crippen molar-refractivity contribution in [1.82, 2.24) is 20.2 Å². The molecule has 2 atom stereocenters. The molecule has 0 radical (unpaired) electrons. The van der Waals surface area contributed by atoms with Crippen molar-refractivity contribution >= 4 is 39.2 Å². The van der Waals surface area contributed by atoms with Crippen LogP contribution in [0.3, 0.4) is 0 Å². The molecule has 2 saturated heterocycles. The summed E-state index contributed by atoms with van der Waals surface area (Å²) in [5.74, 6) is 0.684. The minimum Gasteiger partial charge on any atom is -0.340 e. The van der Waals surface area contributed by atoms with Gasteiger partial charge in [0.2, 0.25) is 5.91 Å². The molecule has 0 aromatic carbocycles. The van der Waals surface area contributed by atoms with Crippen LogP contribution < -0.4 is 5.32 Å². The summed E-state index contributed by atoms with van der Waals surface area (Å²) in [6.45, 7) is 5.95. The minimum atomic E-state index is 0.228. The standard InChI is InChI=1S/C17H22N4OS2/c1-10-11(2)24-17-15(10)16(18-9-19-17)23-8-14(22)21-6-5-12-3-4-13(7-21)20-12/h9,12-13,20H,3-8H2,1-2H3. The third-order valence-corrected chi connectivity index (χ3v) is 7.23. The van der Waals surface area contributed by atoms with E-state index in [2.05, 4.69) is 29.1 Å². The van der Waals surface area contributed by atoms with Crippen LogP contribution in [0.4, 0.5) is 0 Å². The highest BCUT2D eigenvalue weighted by Gasteiger charge is 2.31. The normalized spacial score (nSPS) is 23.7. The van der Waals surface area contributed by atoms with Crippen molar-refractivity contribution in [2.24, 2.45) is 0 Å². The highest BCUT2D eigenvalue weighted by Crippen LogP contribution is 2.34. The molecule has 128 valence electrons. The predicted molar refractivity (Wildman–Crippen MR) is 98.8 cm³/mol. The lowest BCUT2D eigenvalue weighted by Gasteiger charge is -2.24. The van der Waals surface area contributed by atoms with Crippen LogP contribution in [0.2, 0.25) is 0 Å². The minimum absolute atomic E-state index is 0.228. The first-order chi connectivity index (χ1) is 11.6. The molecule has 4 rings (SSSR count). The largest absolute Gasteiger partial charge is 0.340 e. The Labute approximate surface area is 150 Å². The van der Waals surface area contributed by atoms with Gasteiger partial charge in [-0.2, -0.15) is 0 Å². The smallest absolute Gasteiger partial charge is 0.233 e. The molecule has 2 aliphatic heterocycles. The molecular weight excluding hydrogens is 340 g/mol. The number of nitrogens with one attached hydrogen (secondary N) is 1. The third-order valence-electron chi connectivity index (χ3n) is 5.14. The predicted octanol–water partition coefficient (Wildman–Crippen LogP) is 2.75. The van der Waals surface area contributed by atoms with E-state index in [0.717, 1.165) is 34.8 Å². The lowest BCUT2D eigenvalue weighted by Crippen LogP contribution is -2.39. The first-order valence-electron chi connectivity index (χ1n) is 8.49. The number of likely N-dealkylation sites (tertiary alicyclic amines) is 1. The Morgan fingerprint density at radius 1 is 1.33 bits per heavy atom. The van der Waals surface area contributed by atoms with E-state index < -0.39 is 0 Å². The molecule has 2 aromatic rings. The molecule has 2 bridgehead atoms. The van der Waals surface area contributed by atoms with E-state index in [-0.39, 0.29) is 5.91 Å². The third kappa shape index (κ3) is 3.05. The second-order valence-electron chi connectivity index (χ2n) is 6.70. The number of nitrogens with zero attached hydrogens (tertiary/aromatic N) is 3. The number of fused-ring (bicyclic) bond motifs is 3. The van der Waals surface area contributed by atoms with Crippen molar-refractivity contribution in [1.29, 1.82) is 0 Å². The number of hydrogen-bond donors (Lipinski definition) is 1. The van der Waals surface area contributed by atoms with Gasteiger partial charge in [-0.1, -0.05) is 11.8 Å². The number of aromatic nitrogens is 2. The molecule has 5 nitrogen and oxygen atoms in total. The second-order valence-corrected chi connectivity index (χ2v) is 8.86. The van der Waals surface area contributed by atoms with Gasteiger partial charge in [-0.3, -0.25) is 4.79 Å². The number of amides is 1. The van der Waals surface area contributed by atoms with Crippen molar-refractivity contribution in [2.75, 3.05) is 18.8 Å². The summed E-state index contributed by atoms with van der Waals surface area (Å²) in [4.78, 5) is 25.8. The zero-order chi connectivity index (χ0) is 16.7. The van der Waals surface area contributed by atoms with Gasteiger partial charge in [-0.05, 0) is 38.7 Å². The summed E-state index contributed by atoms with van der Waals surface area (Å²) < 4.78 is 0. The van der Waals surface area contributed by atoms with Crippen LogP contribution in [0.1, 0.15) is 29.7 Å². The van der Waals surface area contributed by atoms with Crippen LogP contribution in [0.25, 0.3) is 10.2 Å². The van der Waals surface area contributed by atoms with Crippen LogP contribution in [-0.2, 0) is 4.79 Å². The highest BCUT2D eigenvalue weighted by molar-refractivity contribution is 8.00. The SMILES string of the molecule is Cc1sc2ncnc(SCC(=O)N3CCC4CCC(C3)N4)c2c1C. The Bertz CT molecular complexity index is 775. The Kier molecular flexibility index (Phi) is 4.49. The highest BCUT2D eigenvalue weighted by atomic mass is 32.2. The first-order valence-corrected chi connectivity index (χ1v) is 10.3. The summed E-state index contributed by atoms with van der Waals surface area (Å²) >= 11 is 3.25. The van der Waals surface area contributed by atoms with Gasteiger partial charge < -0.3 is 10.2 Å². The number of thiophene rings is 1. The van der Waals surface area contributed by atoms with Gasteiger partial charge in [0.15, 0.2) is 0 Å². The van der Waals surface area contributed by atoms with Crippen molar-refractivity contribution in [2.45, 2.75) is 50.2 Å². The molecule has 4 heterocycles. The van der Waals surface area contributed by atoms with Gasteiger partial charge >= 0.3 is 0 Å². The van der Waals surface area contributed by atoms with Crippen molar-refractivity contribution in [3.8, 4) is 0 Å². The monoisotopic (exact) mass is 362 g/mol. The Morgan fingerprint density at radius 2 is 2.17 bits per heavy atom. The van der Waals surface area contributed by atoms with Crippen LogP contribution in [0.15, 0.2) is 11.4 Å². The number of carbonyl (C=O) groups excluding carboxylic acids is 1. The number of thioether (sulfide) groups is 1. The number of hydrogen-bond acceptors (Lipinski definition) is 6. The summed E-state index contributed by atoms with van der Waals surface area (Å²) in [5, 5.41) is 5.68. The molecule has 1 amide bonds. The van der Waals surface area contributed by atoms with Crippen LogP contribution in [-0.4, -0.2) is 51.7 Å². The Hall–Kier alpha value is -1.18. The van der Waals surface area contributed by atoms with E-state index in [4.69, 9.17) is 0 Å². The summed E-state index contributed by atoms with van der Waals surface area (Å²) in [6.07, 6.45) is 5.14. The molecule has 0 spiro atoms. The van der Waals surface area contributed by atoms with Crippen molar-refractivity contribution in [3.05, 3.63) is 16.8 Å². The molecule has 7 heteroatoms. The molecule has 24 heavy (non-hydrogen) atoms. The molecule has 0 saturated carbocycles. The van der Waals surface area contributed by atoms with Gasteiger partial charge in [0.05, 0.1) is 5.75 Å². The van der Waals surface area contributed by atoms with E-state index in [1.165, 1.54) is 23.3 Å². The molecule has 2 fully saturated rings. The number of rotatable bonds is 3. The topological polar surface area (TPSA) is 58.1 Å². The number of aryl methyl sites for hydroxylation is 2. The fourth-order valence-electron chi connectivity index (χ4n) is 3.65. The molecule has 2 aliphatic rings. The average Bonchev–Trinajstić information content (AvgIpc) is 3.05. The van der Waals surface area contributed by atoms with E-state index in [0.29, 0.717) is 17.8 Å². The van der Waals surface area contributed by atoms with Crippen molar-refractivity contribution in [3.63, 3.8) is 0 Å². The van der Waals surface area contributed by atoms with Gasteiger partial charge in [0.1, 0.15) is 16.2 Å². The molecular formula is C17H22N4OS2. The maximum absolute atomic E-state index is 12.7. The summed E-state index contributed by atoms with van der Waals surface area (Å²) in [6, 6.07) is 1.09. The van der Waals surface area contributed by atoms with Crippen LogP contribution in [0, 0.1) is 13.8 Å². The molecule has 1 N–H and O–H groups in total. The van der Waals surface area contributed by atoms with E-state index in [1.54, 1.807) is 29.4 Å². The van der Waals surface area contributed by atoms with Gasteiger partial charge in [-0.15, -0.1) is 11.3 Å². The van der Waals surface area contributed by atoms with Gasteiger partial charge in [-0.25, -0.2) is 9.97 Å². The van der Waals surface area contributed by atoms with E-state index in [1.807, 2.05) is 4.90 Å². The van der Waals surface area contributed by atoms with E-state index >= 15 is 0 Å². The summed E-state index contributed by atoms with van der Waals surface area (Å²) in [5.41, 5.74) is 1.24. The lowest BCUT2D eigenvalue weighted by atomic mass is 10.1. The van der Waals surface area contributed by atoms with Gasteiger partial charge in [0, 0.05) is 35.4 Å². The Morgan fingerprint density at radius 3 is 3.04 bits per heavy atom. The van der Waals surface area contributed by atoms with Crippen molar-refractivity contribution < 1.29 is 4.79 Å². The second kappa shape index (κ2) is 6.61. The number of carbonyl (C=O) groups is 1.